The van der Waals surface area contributed by atoms with Crippen LogP contribution in [-0.4, -0.2) is 24.1 Å². The highest BCUT2D eigenvalue weighted by molar-refractivity contribution is 7.97. The molecule has 0 N–H and O–H groups in total. The van der Waals surface area contributed by atoms with Gasteiger partial charge in [-0.05, 0) is 44.9 Å². The summed E-state index contributed by atoms with van der Waals surface area (Å²) in [5, 5.41) is 0.829. The first-order valence-corrected chi connectivity index (χ1v) is 11.5. The maximum Gasteiger partial charge on any atom is 0.425 e. The van der Waals surface area contributed by atoms with Gasteiger partial charge < -0.3 is 4.74 Å². The average Bonchev–Trinajstić information content (AvgIpc) is 2.36. The van der Waals surface area contributed by atoms with Crippen molar-refractivity contribution in [2.24, 2.45) is 0 Å². The van der Waals surface area contributed by atoms with E-state index in [2.05, 4.69) is 32.0 Å². The molecule has 0 aliphatic heterocycles. The molecule has 0 unspecified atom stereocenters. The molecule has 1 rings (SSSR count). The van der Waals surface area contributed by atoms with Crippen LogP contribution in [0.3, 0.4) is 0 Å². The number of ether oxygens (including phenoxy) is 1. The lowest BCUT2D eigenvalue weighted by Gasteiger charge is -2.31. The van der Waals surface area contributed by atoms with E-state index in [1.54, 1.807) is 4.31 Å². The molecular weight excluding hydrogens is 310 g/mol. The van der Waals surface area contributed by atoms with Crippen molar-refractivity contribution in [1.82, 2.24) is 4.31 Å². The zero-order chi connectivity index (χ0) is 17.0. The molecule has 0 aromatic heterocycles. The number of benzene rings is 1. The van der Waals surface area contributed by atoms with Crippen molar-refractivity contribution in [3.63, 3.8) is 0 Å². The van der Waals surface area contributed by atoms with E-state index in [0.29, 0.717) is 0 Å². The smallest absolute Gasteiger partial charge is 0.425 e. The summed E-state index contributed by atoms with van der Waals surface area (Å²) in [6.07, 6.45) is -0.380. The van der Waals surface area contributed by atoms with Gasteiger partial charge in [-0.2, -0.15) is 0 Å². The van der Waals surface area contributed by atoms with Crippen molar-refractivity contribution < 1.29 is 9.53 Å². The normalized spacial score (nSPS) is 11.5. The predicted molar refractivity (Wildman–Crippen MR) is 96.4 cm³/mol. The van der Waals surface area contributed by atoms with Crippen LogP contribution in [0.2, 0.25) is 19.6 Å². The summed E-state index contributed by atoms with van der Waals surface area (Å²) in [5.41, 5.74) is 2.42. The van der Waals surface area contributed by atoms with Gasteiger partial charge in [0.1, 0.15) is 13.7 Å². The molecule has 1 aromatic carbocycles. The lowest BCUT2D eigenvalue weighted by atomic mass is 10.2. The molecule has 5 heteroatoms. The number of amides is 1. The highest BCUT2D eigenvalue weighted by Crippen LogP contribution is 2.32. The number of hydrogen-bond donors (Lipinski definition) is 0. The van der Waals surface area contributed by atoms with E-state index in [-0.39, 0.29) is 6.09 Å². The van der Waals surface area contributed by atoms with E-state index >= 15 is 0 Å². The first kappa shape index (κ1) is 18.6. The summed E-state index contributed by atoms with van der Waals surface area (Å²) in [6, 6.07) is 9.77. The molecular formula is C17H25NO2SSi. The largest absolute Gasteiger partial charge is 0.443 e. The molecule has 120 valence electrons. The maximum absolute atomic E-state index is 12.6. The average molecular weight is 336 g/mol. The molecule has 0 spiro atoms. The summed E-state index contributed by atoms with van der Waals surface area (Å²) in [6.45, 7) is 15.8. The first-order chi connectivity index (χ1) is 10.0. The zero-order valence-electron chi connectivity index (χ0n) is 14.3. The van der Waals surface area contributed by atoms with Gasteiger partial charge in [-0.1, -0.05) is 44.4 Å². The van der Waals surface area contributed by atoms with E-state index < -0.39 is 13.7 Å². The van der Waals surface area contributed by atoms with Crippen LogP contribution in [0.5, 0.6) is 0 Å². The van der Waals surface area contributed by atoms with Crippen molar-refractivity contribution in [3.8, 4) is 0 Å². The van der Waals surface area contributed by atoms with Crippen molar-refractivity contribution in [2.45, 2.75) is 50.9 Å². The minimum atomic E-state index is -1.79. The standard InChI is InChI=1S/C17H25NO2SSi/c1-8-15(22(5,6)7)18(16(19)20-17(2,3)4)21-14-12-10-9-11-13-14/h9-13H,1H2,2-7H3. The molecule has 1 aromatic rings. The summed E-state index contributed by atoms with van der Waals surface area (Å²) in [7, 11) is -1.79. The van der Waals surface area contributed by atoms with E-state index in [1.807, 2.05) is 51.1 Å². The van der Waals surface area contributed by atoms with Crippen LogP contribution in [0, 0.1) is 0 Å². The van der Waals surface area contributed by atoms with Gasteiger partial charge in [0, 0.05) is 4.90 Å². The van der Waals surface area contributed by atoms with Crippen molar-refractivity contribution in [2.75, 3.05) is 0 Å². The van der Waals surface area contributed by atoms with Crippen molar-refractivity contribution >= 4 is 26.1 Å². The third-order valence-corrected chi connectivity index (χ3v) is 5.56. The number of nitrogens with zero attached hydrogens (tertiary/aromatic N) is 1. The van der Waals surface area contributed by atoms with E-state index in [9.17, 15) is 4.79 Å². The molecule has 0 saturated heterocycles. The van der Waals surface area contributed by atoms with Gasteiger partial charge in [-0.25, -0.2) is 9.10 Å². The molecule has 0 aliphatic carbocycles. The van der Waals surface area contributed by atoms with Crippen LogP contribution in [0.1, 0.15) is 20.8 Å². The van der Waals surface area contributed by atoms with Gasteiger partial charge in [-0.3, -0.25) is 0 Å². The van der Waals surface area contributed by atoms with Crippen molar-refractivity contribution in [3.05, 3.63) is 48.0 Å². The van der Waals surface area contributed by atoms with Gasteiger partial charge in [0.2, 0.25) is 0 Å². The fourth-order valence-corrected chi connectivity index (χ4v) is 4.65. The number of carbonyl (C=O) groups excluding carboxylic acids is 1. The van der Waals surface area contributed by atoms with E-state index in [4.69, 9.17) is 4.74 Å². The van der Waals surface area contributed by atoms with Crippen LogP contribution in [0.15, 0.2) is 52.9 Å². The monoisotopic (exact) mass is 335 g/mol. The number of hydrogen-bond acceptors (Lipinski definition) is 3. The second-order valence-electron chi connectivity index (χ2n) is 6.95. The van der Waals surface area contributed by atoms with Crippen LogP contribution < -0.4 is 0 Å². The Morgan fingerprint density at radius 3 is 2.18 bits per heavy atom. The van der Waals surface area contributed by atoms with Crippen LogP contribution in [-0.2, 0) is 4.74 Å². The van der Waals surface area contributed by atoms with Gasteiger partial charge in [0.05, 0.1) is 5.32 Å². The Bertz CT molecular complexity index is 567. The highest BCUT2D eigenvalue weighted by atomic mass is 32.2. The Morgan fingerprint density at radius 2 is 1.77 bits per heavy atom. The number of rotatable bonds is 4. The predicted octanol–water partition coefficient (Wildman–Crippen LogP) is 5.48. The van der Waals surface area contributed by atoms with Crippen LogP contribution >= 0.6 is 11.9 Å². The van der Waals surface area contributed by atoms with Gasteiger partial charge >= 0.3 is 6.09 Å². The molecule has 0 bridgehead atoms. The minimum absolute atomic E-state index is 0.380. The maximum atomic E-state index is 12.6. The zero-order valence-corrected chi connectivity index (χ0v) is 16.1. The summed E-state index contributed by atoms with van der Waals surface area (Å²) >= 11 is 1.35. The fourth-order valence-electron chi connectivity index (χ4n) is 1.71. The molecule has 0 fully saturated rings. The molecule has 22 heavy (non-hydrogen) atoms. The Kier molecular flexibility index (Phi) is 6.12. The Labute approximate surface area is 139 Å². The second-order valence-corrected chi connectivity index (χ2v) is 12.9. The summed E-state index contributed by atoms with van der Waals surface area (Å²) < 4.78 is 7.15. The summed E-state index contributed by atoms with van der Waals surface area (Å²) in [5.74, 6) is 0. The fraction of sp³-hybridized carbons (Fsp3) is 0.412. The first-order valence-electron chi connectivity index (χ1n) is 7.21. The molecule has 0 aliphatic rings. The highest BCUT2D eigenvalue weighted by Gasteiger charge is 2.33. The minimum Gasteiger partial charge on any atom is -0.443 e. The number of carbonyl (C=O) groups is 1. The van der Waals surface area contributed by atoms with E-state index in [1.165, 1.54) is 11.9 Å². The van der Waals surface area contributed by atoms with Gasteiger partial charge in [-0.15, -0.1) is 5.73 Å². The Morgan fingerprint density at radius 1 is 1.23 bits per heavy atom. The van der Waals surface area contributed by atoms with Gasteiger partial charge in [0.15, 0.2) is 0 Å². The molecule has 3 nitrogen and oxygen atoms in total. The molecule has 0 heterocycles. The molecule has 0 atom stereocenters. The lowest BCUT2D eigenvalue weighted by Crippen LogP contribution is -2.39. The third kappa shape index (κ3) is 5.76. The molecule has 1 amide bonds. The summed E-state index contributed by atoms with van der Waals surface area (Å²) in [4.78, 5) is 13.6. The van der Waals surface area contributed by atoms with Crippen LogP contribution in [0.25, 0.3) is 0 Å². The lowest BCUT2D eigenvalue weighted by molar-refractivity contribution is 0.0447. The van der Waals surface area contributed by atoms with Crippen molar-refractivity contribution in [1.29, 1.82) is 0 Å². The molecule has 0 radical (unpaired) electrons. The van der Waals surface area contributed by atoms with Gasteiger partial charge in [0.25, 0.3) is 0 Å². The quantitative estimate of drug-likeness (QED) is 0.415. The van der Waals surface area contributed by atoms with E-state index in [0.717, 1.165) is 10.2 Å². The Balaban J connectivity index is 3.15. The Hall–Kier alpha value is -1.42. The third-order valence-electron chi connectivity index (χ3n) is 2.58. The topological polar surface area (TPSA) is 29.5 Å². The van der Waals surface area contributed by atoms with Crippen LogP contribution in [0.4, 0.5) is 4.79 Å². The SMILES string of the molecule is C=C=C(N(Sc1ccccc1)C(=O)OC(C)(C)C)[Si](C)(C)C. The second kappa shape index (κ2) is 7.23. The molecule has 0 saturated carbocycles.